The third-order valence-corrected chi connectivity index (χ3v) is 4.93. The van der Waals surface area contributed by atoms with Crippen LogP contribution in [-0.2, 0) is 9.53 Å². The van der Waals surface area contributed by atoms with Crippen molar-refractivity contribution in [3.8, 4) is 5.75 Å². The van der Waals surface area contributed by atoms with Gasteiger partial charge in [-0.1, -0.05) is 19.1 Å². The molecule has 0 bridgehead atoms. The number of nitrogens with one attached hydrogen (secondary N) is 2. The topological polar surface area (TPSA) is 75.2 Å². The SMILES string of the molecule is CN=C(NCC(C)C(=O)OC)NCC(c1cccc(OC)c1)N1CCCC1.I. The number of ether oxygens (including phenoxy) is 2. The minimum absolute atomic E-state index is 0. The van der Waals surface area contributed by atoms with Gasteiger partial charge in [-0.2, -0.15) is 0 Å². The van der Waals surface area contributed by atoms with E-state index < -0.39 is 0 Å². The summed E-state index contributed by atoms with van der Waals surface area (Å²) in [4.78, 5) is 18.3. The summed E-state index contributed by atoms with van der Waals surface area (Å²) < 4.78 is 10.2. The molecule has 0 radical (unpaired) electrons. The maximum atomic E-state index is 11.6. The molecule has 1 aromatic rings. The Balaban J connectivity index is 0.00000392. The zero-order valence-electron chi connectivity index (χ0n) is 17.2. The number of carbonyl (C=O) groups is 1. The van der Waals surface area contributed by atoms with E-state index in [0.29, 0.717) is 12.5 Å². The van der Waals surface area contributed by atoms with Crippen LogP contribution in [0.2, 0.25) is 0 Å². The van der Waals surface area contributed by atoms with Crippen molar-refractivity contribution in [1.82, 2.24) is 15.5 Å². The minimum atomic E-state index is -0.235. The molecule has 0 saturated carbocycles. The van der Waals surface area contributed by atoms with Gasteiger partial charge < -0.3 is 20.1 Å². The smallest absolute Gasteiger partial charge is 0.310 e. The van der Waals surface area contributed by atoms with Crippen LogP contribution in [0.5, 0.6) is 5.75 Å². The Kier molecular flexibility index (Phi) is 11.2. The molecule has 2 unspecified atom stereocenters. The molecular formula is C20H33IN4O3. The predicted octanol–water partition coefficient (Wildman–Crippen LogP) is 2.42. The lowest BCUT2D eigenvalue weighted by Crippen LogP contribution is -2.44. The second-order valence-corrected chi connectivity index (χ2v) is 6.79. The van der Waals surface area contributed by atoms with Gasteiger partial charge >= 0.3 is 5.97 Å². The van der Waals surface area contributed by atoms with Gasteiger partial charge in [0.05, 0.1) is 26.2 Å². The molecule has 2 N–H and O–H groups in total. The van der Waals surface area contributed by atoms with Crippen LogP contribution in [-0.4, -0.2) is 64.3 Å². The third kappa shape index (κ3) is 7.12. The average Bonchev–Trinajstić information content (AvgIpc) is 3.24. The lowest BCUT2D eigenvalue weighted by molar-refractivity contribution is -0.144. The zero-order valence-corrected chi connectivity index (χ0v) is 19.6. The number of rotatable bonds is 8. The Labute approximate surface area is 185 Å². The summed E-state index contributed by atoms with van der Waals surface area (Å²) in [5, 5.41) is 6.60. The zero-order chi connectivity index (χ0) is 19.6. The number of nitrogens with zero attached hydrogens (tertiary/aromatic N) is 2. The molecule has 0 amide bonds. The van der Waals surface area contributed by atoms with Crippen LogP contribution in [0.25, 0.3) is 0 Å². The van der Waals surface area contributed by atoms with E-state index in [2.05, 4.69) is 32.7 Å². The first-order valence-electron chi connectivity index (χ1n) is 9.49. The first-order chi connectivity index (χ1) is 13.1. The second kappa shape index (κ2) is 12.8. The van der Waals surface area contributed by atoms with E-state index in [0.717, 1.165) is 25.4 Å². The van der Waals surface area contributed by atoms with Crippen molar-refractivity contribution in [2.24, 2.45) is 10.9 Å². The molecule has 1 fully saturated rings. The molecule has 7 nitrogen and oxygen atoms in total. The molecule has 28 heavy (non-hydrogen) atoms. The molecule has 1 aliphatic rings. The summed E-state index contributed by atoms with van der Waals surface area (Å²) in [7, 11) is 4.83. The van der Waals surface area contributed by atoms with Crippen LogP contribution in [0.1, 0.15) is 31.4 Å². The number of benzene rings is 1. The molecule has 8 heteroatoms. The van der Waals surface area contributed by atoms with E-state index >= 15 is 0 Å². The van der Waals surface area contributed by atoms with Gasteiger partial charge in [-0.25, -0.2) is 0 Å². The first-order valence-corrected chi connectivity index (χ1v) is 9.49. The lowest BCUT2D eigenvalue weighted by atomic mass is 10.1. The summed E-state index contributed by atoms with van der Waals surface area (Å²) in [5.41, 5.74) is 1.22. The minimum Gasteiger partial charge on any atom is -0.497 e. The van der Waals surface area contributed by atoms with Gasteiger partial charge in [0, 0.05) is 20.1 Å². The molecule has 0 aliphatic carbocycles. The van der Waals surface area contributed by atoms with Gasteiger partial charge in [0.25, 0.3) is 0 Å². The van der Waals surface area contributed by atoms with Crippen molar-refractivity contribution in [2.75, 3.05) is 47.4 Å². The van der Waals surface area contributed by atoms with Crippen molar-refractivity contribution in [3.63, 3.8) is 0 Å². The normalized spacial score (nSPS) is 16.6. The third-order valence-electron chi connectivity index (χ3n) is 4.93. The maximum absolute atomic E-state index is 11.6. The number of carbonyl (C=O) groups excluding carboxylic acids is 1. The number of aliphatic imine (C=N–C) groups is 1. The number of methoxy groups -OCH3 is 2. The van der Waals surface area contributed by atoms with Crippen molar-refractivity contribution < 1.29 is 14.3 Å². The van der Waals surface area contributed by atoms with Gasteiger partial charge in [-0.3, -0.25) is 14.7 Å². The Hall–Kier alpha value is -1.55. The second-order valence-electron chi connectivity index (χ2n) is 6.79. The van der Waals surface area contributed by atoms with Crippen LogP contribution in [0, 0.1) is 5.92 Å². The fourth-order valence-electron chi connectivity index (χ4n) is 3.31. The average molecular weight is 504 g/mol. The molecule has 2 atom stereocenters. The number of guanidine groups is 1. The molecule has 1 heterocycles. The Bertz CT molecular complexity index is 636. The summed E-state index contributed by atoms with van der Waals surface area (Å²) in [6, 6.07) is 8.47. The number of hydrogen-bond donors (Lipinski definition) is 2. The number of esters is 1. The number of hydrogen-bond acceptors (Lipinski definition) is 5. The highest BCUT2D eigenvalue weighted by Crippen LogP contribution is 2.27. The number of halogens is 1. The van der Waals surface area contributed by atoms with E-state index in [1.165, 1.54) is 25.5 Å². The fraction of sp³-hybridized carbons (Fsp3) is 0.600. The molecule has 158 valence electrons. The van der Waals surface area contributed by atoms with Crippen molar-refractivity contribution in [2.45, 2.75) is 25.8 Å². The van der Waals surface area contributed by atoms with Crippen LogP contribution in [0.15, 0.2) is 29.3 Å². The van der Waals surface area contributed by atoms with E-state index in [9.17, 15) is 4.79 Å². The maximum Gasteiger partial charge on any atom is 0.310 e. The molecule has 1 saturated heterocycles. The predicted molar refractivity (Wildman–Crippen MR) is 123 cm³/mol. The molecule has 0 spiro atoms. The highest BCUT2D eigenvalue weighted by Gasteiger charge is 2.24. The summed E-state index contributed by atoms with van der Waals surface area (Å²) >= 11 is 0. The number of likely N-dealkylation sites (tertiary alicyclic amines) is 1. The standard InChI is InChI=1S/C20H32N4O3.HI/c1-15(19(25)27-4)13-22-20(21-2)23-14-18(24-10-5-6-11-24)16-8-7-9-17(12-16)26-3;/h7-9,12,15,18H,5-6,10-11,13-14H2,1-4H3,(H2,21,22,23);1H. The van der Waals surface area contributed by atoms with Crippen LogP contribution < -0.4 is 15.4 Å². The molecular weight excluding hydrogens is 471 g/mol. The van der Waals surface area contributed by atoms with Crippen molar-refractivity contribution in [3.05, 3.63) is 29.8 Å². The largest absolute Gasteiger partial charge is 0.497 e. The Morgan fingerprint density at radius 1 is 1.21 bits per heavy atom. The van der Waals surface area contributed by atoms with Gasteiger partial charge in [0.2, 0.25) is 0 Å². The van der Waals surface area contributed by atoms with E-state index in [1.807, 2.05) is 19.1 Å². The summed E-state index contributed by atoms with van der Waals surface area (Å²) in [6.45, 7) is 5.21. The van der Waals surface area contributed by atoms with E-state index in [-0.39, 0.29) is 41.9 Å². The van der Waals surface area contributed by atoms with Gasteiger partial charge in [-0.05, 0) is 43.6 Å². The molecule has 1 aliphatic heterocycles. The van der Waals surface area contributed by atoms with Crippen molar-refractivity contribution >= 4 is 35.9 Å². The summed E-state index contributed by atoms with van der Waals surface area (Å²) in [6.07, 6.45) is 2.45. The van der Waals surface area contributed by atoms with Crippen LogP contribution in [0.4, 0.5) is 0 Å². The van der Waals surface area contributed by atoms with Crippen LogP contribution in [0.3, 0.4) is 0 Å². The van der Waals surface area contributed by atoms with Crippen molar-refractivity contribution in [1.29, 1.82) is 0 Å². The summed E-state index contributed by atoms with van der Waals surface area (Å²) in [5.74, 6) is 1.08. The monoisotopic (exact) mass is 504 g/mol. The molecule has 0 aromatic heterocycles. The van der Waals surface area contributed by atoms with Gasteiger partial charge in [-0.15, -0.1) is 24.0 Å². The van der Waals surface area contributed by atoms with Crippen LogP contribution >= 0.6 is 24.0 Å². The highest BCUT2D eigenvalue weighted by atomic mass is 127. The first kappa shape index (κ1) is 24.5. The quantitative estimate of drug-likeness (QED) is 0.245. The highest BCUT2D eigenvalue weighted by molar-refractivity contribution is 14.0. The van der Waals surface area contributed by atoms with E-state index in [4.69, 9.17) is 9.47 Å². The molecule has 1 aromatic carbocycles. The Morgan fingerprint density at radius 2 is 1.89 bits per heavy atom. The van der Waals surface area contributed by atoms with Gasteiger partial charge in [0.1, 0.15) is 5.75 Å². The van der Waals surface area contributed by atoms with Gasteiger partial charge in [0.15, 0.2) is 5.96 Å². The van der Waals surface area contributed by atoms with E-state index in [1.54, 1.807) is 14.2 Å². The fourth-order valence-corrected chi connectivity index (χ4v) is 3.31. The Morgan fingerprint density at radius 3 is 2.50 bits per heavy atom. The lowest BCUT2D eigenvalue weighted by Gasteiger charge is -2.29. The molecule has 2 rings (SSSR count).